The first-order valence-corrected chi connectivity index (χ1v) is 4.25. The van der Waals surface area contributed by atoms with Crippen molar-refractivity contribution in [3.63, 3.8) is 0 Å². The van der Waals surface area contributed by atoms with Crippen LogP contribution in [0, 0.1) is 5.82 Å². The Kier molecular flexibility index (Phi) is 3.87. The molecule has 4 N–H and O–H groups in total. The molecule has 1 rings (SSSR count). The Morgan fingerprint density at radius 3 is 2.73 bits per heavy atom. The molecule has 0 aliphatic carbocycles. The smallest absolute Gasteiger partial charge is 0.209 e. The summed E-state index contributed by atoms with van der Waals surface area (Å²) in [5.41, 5.74) is 2.87. The lowest BCUT2D eigenvalue weighted by Gasteiger charge is -2.09. The standard InChI is InChI=1S/C9H13FN4O/c1-12-9(14-11)13-6-3-4-8(15-2)7(10)5-6/h3-5H,11H2,1-2H3,(H2,12,13,14). The van der Waals surface area contributed by atoms with Gasteiger partial charge in [0.25, 0.3) is 0 Å². The molecule has 0 fully saturated rings. The summed E-state index contributed by atoms with van der Waals surface area (Å²) >= 11 is 0. The summed E-state index contributed by atoms with van der Waals surface area (Å²) in [6, 6.07) is 4.47. The molecule has 1 aromatic rings. The molecule has 0 saturated heterocycles. The number of ether oxygens (including phenoxy) is 1. The van der Waals surface area contributed by atoms with Crippen LogP contribution in [-0.2, 0) is 0 Å². The molecule has 0 radical (unpaired) electrons. The third-order valence-electron chi connectivity index (χ3n) is 1.77. The van der Waals surface area contributed by atoms with Crippen LogP contribution in [-0.4, -0.2) is 20.1 Å². The molecular weight excluding hydrogens is 199 g/mol. The SMILES string of the molecule is CN=C(NN)Nc1ccc(OC)c(F)c1. The molecule has 5 nitrogen and oxygen atoms in total. The van der Waals surface area contributed by atoms with E-state index in [1.54, 1.807) is 13.1 Å². The maximum atomic E-state index is 13.3. The van der Waals surface area contributed by atoms with E-state index >= 15 is 0 Å². The highest BCUT2D eigenvalue weighted by atomic mass is 19.1. The monoisotopic (exact) mass is 212 g/mol. The second-order valence-corrected chi connectivity index (χ2v) is 2.69. The van der Waals surface area contributed by atoms with Gasteiger partial charge in [0, 0.05) is 18.8 Å². The minimum Gasteiger partial charge on any atom is -0.494 e. The van der Waals surface area contributed by atoms with Gasteiger partial charge in [-0.2, -0.15) is 0 Å². The topological polar surface area (TPSA) is 71.7 Å². The van der Waals surface area contributed by atoms with Gasteiger partial charge in [-0.1, -0.05) is 0 Å². The van der Waals surface area contributed by atoms with Gasteiger partial charge in [-0.05, 0) is 12.1 Å². The first-order chi connectivity index (χ1) is 7.21. The Morgan fingerprint density at radius 2 is 2.27 bits per heavy atom. The van der Waals surface area contributed by atoms with E-state index in [2.05, 4.69) is 15.7 Å². The lowest BCUT2D eigenvalue weighted by molar-refractivity contribution is 0.386. The minimum atomic E-state index is -0.449. The molecule has 0 bridgehead atoms. The van der Waals surface area contributed by atoms with Gasteiger partial charge in [0.15, 0.2) is 11.6 Å². The van der Waals surface area contributed by atoms with E-state index in [1.165, 1.54) is 19.2 Å². The molecule has 0 spiro atoms. The third kappa shape index (κ3) is 2.81. The average Bonchev–Trinajstić information content (AvgIpc) is 2.26. The number of rotatable bonds is 2. The van der Waals surface area contributed by atoms with Crippen molar-refractivity contribution in [2.24, 2.45) is 10.8 Å². The number of hydrogen-bond donors (Lipinski definition) is 3. The van der Waals surface area contributed by atoms with Crippen LogP contribution in [0.3, 0.4) is 0 Å². The van der Waals surface area contributed by atoms with Crippen molar-refractivity contribution >= 4 is 11.6 Å². The number of methoxy groups -OCH3 is 1. The molecule has 6 heteroatoms. The number of hydrazine groups is 1. The third-order valence-corrected chi connectivity index (χ3v) is 1.77. The van der Waals surface area contributed by atoms with Gasteiger partial charge in [0.1, 0.15) is 0 Å². The van der Waals surface area contributed by atoms with Gasteiger partial charge in [-0.15, -0.1) is 0 Å². The fraction of sp³-hybridized carbons (Fsp3) is 0.222. The molecular formula is C9H13FN4O. The molecule has 0 unspecified atom stereocenters. The summed E-state index contributed by atoms with van der Waals surface area (Å²) in [7, 11) is 2.97. The van der Waals surface area contributed by atoms with Crippen molar-refractivity contribution in [2.75, 3.05) is 19.5 Å². The molecule has 15 heavy (non-hydrogen) atoms. The van der Waals surface area contributed by atoms with E-state index in [4.69, 9.17) is 10.6 Å². The molecule has 0 aromatic heterocycles. The number of anilines is 1. The summed E-state index contributed by atoms with van der Waals surface area (Å²) in [5.74, 6) is 5.25. The Balaban J connectivity index is 2.84. The van der Waals surface area contributed by atoms with Crippen LogP contribution in [0.4, 0.5) is 10.1 Å². The first-order valence-electron chi connectivity index (χ1n) is 4.25. The van der Waals surface area contributed by atoms with Crippen molar-refractivity contribution < 1.29 is 9.13 Å². The number of hydrogen-bond acceptors (Lipinski definition) is 3. The highest BCUT2D eigenvalue weighted by Crippen LogP contribution is 2.20. The highest BCUT2D eigenvalue weighted by molar-refractivity contribution is 5.93. The van der Waals surface area contributed by atoms with Crippen molar-refractivity contribution in [1.29, 1.82) is 0 Å². The van der Waals surface area contributed by atoms with E-state index in [9.17, 15) is 4.39 Å². The van der Waals surface area contributed by atoms with Gasteiger partial charge in [-0.3, -0.25) is 10.4 Å². The molecule has 0 amide bonds. The molecule has 0 heterocycles. The van der Waals surface area contributed by atoms with Crippen LogP contribution in [0.25, 0.3) is 0 Å². The second-order valence-electron chi connectivity index (χ2n) is 2.69. The first kappa shape index (κ1) is 11.3. The van der Waals surface area contributed by atoms with Crippen LogP contribution in [0.5, 0.6) is 5.75 Å². The van der Waals surface area contributed by atoms with E-state index in [0.29, 0.717) is 11.6 Å². The summed E-state index contributed by atoms with van der Waals surface area (Å²) in [6.45, 7) is 0. The van der Waals surface area contributed by atoms with Crippen LogP contribution in [0.1, 0.15) is 0 Å². The van der Waals surface area contributed by atoms with Gasteiger partial charge in [0.2, 0.25) is 5.96 Å². The molecule has 1 aromatic carbocycles. The zero-order valence-corrected chi connectivity index (χ0v) is 8.54. The zero-order valence-electron chi connectivity index (χ0n) is 8.54. The molecule has 0 aliphatic heterocycles. The van der Waals surface area contributed by atoms with Crippen LogP contribution < -0.4 is 21.3 Å². The van der Waals surface area contributed by atoms with Crippen LogP contribution in [0.2, 0.25) is 0 Å². The van der Waals surface area contributed by atoms with E-state index in [0.717, 1.165) is 0 Å². The number of nitrogens with two attached hydrogens (primary N) is 1. The van der Waals surface area contributed by atoms with Crippen molar-refractivity contribution in [3.05, 3.63) is 24.0 Å². The molecule has 0 saturated carbocycles. The summed E-state index contributed by atoms with van der Waals surface area (Å²) < 4.78 is 18.0. The molecule has 0 aliphatic rings. The molecule has 0 atom stereocenters. The Bertz CT molecular complexity index is 367. The van der Waals surface area contributed by atoms with Crippen molar-refractivity contribution in [2.45, 2.75) is 0 Å². The number of guanidine groups is 1. The zero-order chi connectivity index (χ0) is 11.3. The number of aliphatic imine (C=N–C) groups is 1. The lowest BCUT2D eigenvalue weighted by Crippen LogP contribution is -2.36. The Hall–Kier alpha value is -1.82. The fourth-order valence-corrected chi connectivity index (χ4v) is 1.04. The normalized spacial score (nSPS) is 11.1. The number of benzene rings is 1. The van der Waals surface area contributed by atoms with Gasteiger partial charge in [0.05, 0.1) is 7.11 Å². The van der Waals surface area contributed by atoms with Gasteiger partial charge < -0.3 is 10.1 Å². The maximum Gasteiger partial charge on any atom is 0.209 e. The van der Waals surface area contributed by atoms with Gasteiger partial charge in [-0.25, -0.2) is 10.2 Å². The maximum absolute atomic E-state index is 13.3. The minimum absolute atomic E-state index is 0.191. The Morgan fingerprint density at radius 1 is 1.53 bits per heavy atom. The number of nitrogens with zero attached hydrogens (tertiary/aromatic N) is 1. The lowest BCUT2D eigenvalue weighted by atomic mass is 10.3. The van der Waals surface area contributed by atoms with Gasteiger partial charge >= 0.3 is 0 Å². The van der Waals surface area contributed by atoms with Crippen LogP contribution >= 0.6 is 0 Å². The largest absolute Gasteiger partial charge is 0.494 e. The predicted octanol–water partition coefficient (Wildman–Crippen LogP) is 0.695. The van der Waals surface area contributed by atoms with E-state index in [1.807, 2.05) is 0 Å². The van der Waals surface area contributed by atoms with Crippen molar-refractivity contribution in [3.8, 4) is 5.75 Å². The number of nitrogens with one attached hydrogen (secondary N) is 2. The Labute approximate surface area is 87.1 Å². The van der Waals surface area contributed by atoms with Crippen LogP contribution in [0.15, 0.2) is 23.2 Å². The average molecular weight is 212 g/mol. The molecule has 82 valence electrons. The predicted molar refractivity (Wildman–Crippen MR) is 57.3 cm³/mol. The quantitative estimate of drug-likeness (QED) is 0.292. The fourth-order valence-electron chi connectivity index (χ4n) is 1.04. The second kappa shape index (κ2) is 5.16. The van der Waals surface area contributed by atoms with E-state index < -0.39 is 5.82 Å². The summed E-state index contributed by atoms with van der Waals surface area (Å²) in [6.07, 6.45) is 0. The van der Waals surface area contributed by atoms with E-state index in [-0.39, 0.29) is 5.75 Å². The summed E-state index contributed by atoms with van der Waals surface area (Å²) in [5, 5.41) is 2.79. The van der Waals surface area contributed by atoms with Crippen molar-refractivity contribution in [1.82, 2.24) is 5.43 Å². The number of halogens is 1. The highest BCUT2D eigenvalue weighted by Gasteiger charge is 2.04. The summed E-state index contributed by atoms with van der Waals surface area (Å²) in [4.78, 5) is 3.79.